The van der Waals surface area contributed by atoms with Crippen LogP contribution in [-0.4, -0.2) is 9.97 Å². The van der Waals surface area contributed by atoms with Crippen LogP contribution in [0.5, 0.6) is 0 Å². The van der Waals surface area contributed by atoms with Crippen LogP contribution >= 0.6 is 0 Å². The molecular formula is C41H36N2. The fraction of sp³-hybridized carbons (Fsp3) is 0.171. The summed E-state index contributed by atoms with van der Waals surface area (Å²) < 4.78 is 0. The summed E-state index contributed by atoms with van der Waals surface area (Å²) >= 11 is 0. The minimum absolute atomic E-state index is 0.00277. The number of rotatable bonds is 6. The maximum atomic E-state index is 5.05. The number of benzene rings is 4. The predicted molar refractivity (Wildman–Crippen MR) is 180 cm³/mol. The summed E-state index contributed by atoms with van der Waals surface area (Å²) in [4.78, 5) is 10.1. The molecule has 1 unspecified atom stereocenters. The van der Waals surface area contributed by atoms with Gasteiger partial charge in [0.25, 0.3) is 0 Å². The molecule has 5 aromatic rings. The minimum Gasteiger partial charge on any atom is -0.228 e. The quantitative estimate of drug-likeness (QED) is 0.194. The van der Waals surface area contributed by atoms with Crippen LogP contribution in [0.2, 0.25) is 0 Å². The van der Waals surface area contributed by atoms with E-state index in [4.69, 9.17) is 9.97 Å². The molecule has 0 radical (unpaired) electrons. The molecule has 1 aromatic heterocycles. The van der Waals surface area contributed by atoms with Crippen LogP contribution in [0.3, 0.4) is 0 Å². The van der Waals surface area contributed by atoms with Crippen LogP contribution in [0.1, 0.15) is 50.3 Å². The average molecular weight is 557 g/mol. The molecule has 2 heteroatoms. The highest BCUT2D eigenvalue weighted by Crippen LogP contribution is 2.57. The third-order valence-corrected chi connectivity index (χ3v) is 9.33. The molecule has 2 nitrogen and oxygen atoms in total. The first-order valence-electron chi connectivity index (χ1n) is 15.3. The van der Waals surface area contributed by atoms with E-state index < -0.39 is 0 Å². The lowest BCUT2D eigenvalue weighted by Gasteiger charge is -2.33. The first-order valence-corrected chi connectivity index (χ1v) is 15.3. The molecular weight excluding hydrogens is 520 g/mol. The molecule has 0 fully saturated rings. The molecule has 7 rings (SSSR count). The maximum absolute atomic E-state index is 5.05. The van der Waals surface area contributed by atoms with Crippen LogP contribution in [0.25, 0.3) is 45.0 Å². The third-order valence-electron chi connectivity index (χ3n) is 9.33. The van der Waals surface area contributed by atoms with Crippen LogP contribution in [-0.2, 0) is 5.41 Å². The zero-order chi connectivity index (χ0) is 29.6. The van der Waals surface area contributed by atoms with Gasteiger partial charge in [-0.1, -0.05) is 147 Å². The van der Waals surface area contributed by atoms with Crippen molar-refractivity contribution in [3.05, 3.63) is 156 Å². The smallest absolute Gasteiger partial charge is 0.160 e. The Morgan fingerprint density at radius 2 is 1.26 bits per heavy atom. The molecule has 0 N–H and O–H groups in total. The van der Waals surface area contributed by atoms with Crippen LogP contribution < -0.4 is 0 Å². The van der Waals surface area contributed by atoms with E-state index in [1.807, 2.05) is 12.1 Å². The Morgan fingerprint density at radius 1 is 0.698 bits per heavy atom. The van der Waals surface area contributed by atoms with Gasteiger partial charge in [0.1, 0.15) is 0 Å². The molecule has 0 saturated carbocycles. The summed E-state index contributed by atoms with van der Waals surface area (Å²) in [6.07, 6.45) is 4.19. The Balaban J connectivity index is 1.36. The van der Waals surface area contributed by atoms with E-state index in [0.717, 1.165) is 46.7 Å². The fourth-order valence-corrected chi connectivity index (χ4v) is 7.09. The van der Waals surface area contributed by atoms with E-state index in [-0.39, 0.29) is 5.41 Å². The molecule has 2 aliphatic rings. The number of nitrogens with zero attached hydrogens (tertiary/aromatic N) is 2. The minimum atomic E-state index is -0.00277. The van der Waals surface area contributed by atoms with Crippen molar-refractivity contribution in [2.24, 2.45) is 5.92 Å². The van der Waals surface area contributed by atoms with E-state index in [0.29, 0.717) is 5.92 Å². The first-order chi connectivity index (χ1) is 21.0. The third kappa shape index (κ3) is 4.58. The van der Waals surface area contributed by atoms with Gasteiger partial charge >= 0.3 is 0 Å². The van der Waals surface area contributed by atoms with Crippen LogP contribution in [0, 0.1) is 5.92 Å². The highest BCUT2D eigenvalue weighted by molar-refractivity contribution is 6.11. The Labute approximate surface area is 255 Å². The summed E-state index contributed by atoms with van der Waals surface area (Å²) in [5, 5.41) is 0. The highest BCUT2D eigenvalue weighted by Gasteiger charge is 2.42. The van der Waals surface area contributed by atoms with E-state index in [1.54, 1.807) is 0 Å². The van der Waals surface area contributed by atoms with Gasteiger partial charge in [0.2, 0.25) is 0 Å². The number of hydrogen-bond acceptors (Lipinski definition) is 2. The average Bonchev–Trinajstić information content (AvgIpc) is 3.30. The number of fused-ring (bicyclic) bond motifs is 2. The van der Waals surface area contributed by atoms with Gasteiger partial charge < -0.3 is 0 Å². The van der Waals surface area contributed by atoms with Crippen molar-refractivity contribution in [1.29, 1.82) is 0 Å². The summed E-state index contributed by atoms with van der Waals surface area (Å²) in [7, 11) is 0. The Kier molecular flexibility index (Phi) is 6.78. The van der Waals surface area contributed by atoms with E-state index in [9.17, 15) is 0 Å². The Morgan fingerprint density at radius 3 is 1.84 bits per heavy atom. The molecule has 0 spiro atoms. The van der Waals surface area contributed by atoms with E-state index in [1.165, 1.54) is 39.0 Å². The zero-order valence-electron chi connectivity index (χ0n) is 25.1. The van der Waals surface area contributed by atoms with Gasteiger partial charge in [0.05, 0.1) is 11.4 Å². The van der Waals surface area contributed by atoms with Crippen molar-refractivity contribution >= 4 is 11.1 Å². The van der Waals surface area contributed by atoms with Gasteiger partial charge in [-0.25, -0.2) is 9.97 Å². The SMILES string of the molecule is C=CC1CC2=C(C(c3ccc(-c4nc(-c5ccccc5)cc(-c5ccccc5)n4)cc3)=C1CC)c1ccccc1C2(C)C. The van der Waals surface area contributed by atoms with Crippen molar-refractivity contribution in [3.8, 4) is 33.9 Å². The maximum Gasteiger partial charge on any atom is 0.160 e. The van der Waals surface area contributed by atoms with E-state index >= 15 is 0 Å². The van der Waals surface area contributed by atoms with E-state index in [2.05, 4.69) is 137 Å². The molecule has 0 aliphatic heterocycles. The van der Waals surface area contributed by atoms with Crippen LogP contribution in [0.4, 0.5) is 0 Å². The lowest BCUT2D eigenvalue weighted by Crippen LogP contribution is -2.21. The standard InChI is InChI=1S/C41H36N2/c1-5-27-25-35-39(33-19-13-14-20-34(33)41(35,3)4)38(32(27)6-2)30-21-23-31(24-22-30)40-42-36(28-15-9-7-10-16-28)26-37(43-40)29-17-11-8-12-18-29/h5,7-24,26-27H,1,6,25H2,2-4H3. The van der Waals surface area contributed by atoms with Gasteiger partial charge in [-0.2, -0.15) is 0 Å². The lowest BCUT2D eigenvalue weighted by atomic mass is 9.70. The van der Waals surface area contributed by atoms with Gasteiger partial charge in [-0.05, 0) is 46.7 Å². The van der Waals surface area contributed by atoms with Crippen molar-refractivity contribution < 1.29 is 0 Å². The largest absolute Gasteiger partial charge is 0.228 e. The molecule has 1 atom stereocenters. The topological polar surface area (TPSA) is 25.8 Å². The monoisotopic (exact) mass is 556 g/mol. The van der Waals surface area contributed by atoms with Gasteiger partial charge in [-0.3, -0.25) is 0 Å². The summed E-state index contributed by atoms with van der Waals surface area (Å²) in [5.74, 6) is 1.07. The summed E-state index contributed by atoms with van der Waals surface area (Å²) in [6, 6.07) is 40.7. The normalized spacial score (nSPS) is 17.0. The van der Waals surface area contributed by atoms with Crippen molar-refractivity contribution in [2.75, 3.05) is 0 Å². The van der Waals surface area contributed by atoms with Crippen molar-refractivity contribution in [3.63, 3.8) is 0 Å². The molecule has 1 heterocycles. The Bertz CT molecular complexity index is 1830. The lowest BCUT2D eigenvalue weighted by molar-refractivity contribution is 0.570. The molecule has 0 bridgehead atoms. The number of aromatic nitrogens is 2. The van der Waals surface area contributed by atoms with Gasteiger partial charge in [0, 0.05) is 28.0 Å². The van der Waals surface area contributed by atoms with Crippen molar-refractivity contribution in [1.82, 2.24) is 9.97 Å². The molecule has 4 aromatic carbocycles. The van der Waals surface area contributed by atoms with Crippen molar-refractivity contribution in [2.45, 2.75) is 39.0 Å². The Hall–Kier alpha value is -4.82. The number of hydrogen-bond donors (Lipinski definition) is 0. The molecule has 0 amide bonds. The zero-order valence-corrected chi connectivity index (χ0v) is 25.1. The predicted octanol–water partition coefficient (Wildman–Crippen LogP) is 10.6. The summed E-state index contributed by atoms with van der Waals surface area (Å²) in [5.41, 5.74) is 14.9. The molecule has 210 valence electrons. The number of allylic oxidation sites excluding steroid dienone is 5. The fourth-order valence-electron chi connectivity index (χ4n) is 7.09. The second kappa shape index (κ2) is 10.8. The van der Waals surface area contributed by atoms with Gasteiger partial charge in [0.15, 0.2) is 5.82 Å². The second-order valence-electron chi connectivity index (χ2n) is 12.1. The van der Waals surface area contributed by atoms with Crippen LogP contribution in [0.15, 0.2) is 139 Å². The second-order valence-corrected chi connectivity index (χ2v) is 12.1. The molecule has 2 aliphatic carbocycles. The molecule has 43 heavy (non-hydrogen) atoms. The van der Waals surface area contributed by atoms with Gasteiger partial charge in [-0.15, -0.1) is 6.58 Å². The highest BCUT2D eigenvalue weighted by atomic mass is 14.9. The summed E-state index contributed by atoms with van der Waals surface area (Å²) in [6.45, 7) is 11.3. The first kappa shape index (κ1) is 27.0. The molecule has 0 saturated heterocycles.